The molecule has 0 saturated heterocycles. The van der Waals surface area contributed by atoms with E-state index in [1.54, 1.807) is 12.1 Å². The first-order valence-electron chi connectivity index (χ1n) is 6.39. The zero-order valence-electron chi connectivity index (χ0n) is 10.9. The zero-order chi connectivity index (χ0) is 13.8. The molecule has 0 aliphatic rings. The van der Waals surface area contributed by atoms with Crippen LogP contribution < -0.4 is 5.73 Å². The number of aliphatic hydroxyl groups excluding tert-OH is 1. The second-order valence-electron chi connectivity index (χ2n) is 4.62. The van der Waals surface area contributed by atoms with Crippen LogP contribution in [-0.2, 0) is 6.42 Å². The predicted octanol–water partition coefficient (Wildman–Crippen LogP) is 3.64. The highest BCUT2D eigenvalue weighted by molar-refractivity contribution is 6.30. The van der Waals surface area contributed by atoms with Crippen LogP contribution >= 0.6 is 11.6 Å². The zero-order valence-corrected chi connectivity index (χ0v) is 11.6. The number of halogens is 1. The highest BCUT2D eigenvalue weighted by Crippen LogP contribution is 2.28. The van der Waals surface area contributed by atoms with Crippen LogP contribution in [-0.4, -0.2) is 5.11 Å². The second-order valence-corrected chi connectivity index (χ2v) is 5.06. The van der Waals surface area contributed by atoms with E-state index < -0.39 is 12.1 Å². The normalized spacial score (nSPS) is 14.1. The molecule has 3 heteroatoms. The summed E-state index contributed by atoms with van der Waals surface area (Å²) in [5.41, 5.74) is 9.03. The average Bonchev–Trinajstić information content (AvgIpc) is 2.46. The first-order chi connectivity index (χ1) is 9.11. The van der Waals surface area contributed by atoms with Gasteiger partial charge in [0.25, 0.3) is 0 Å². The molecule has 0 spiro atoms. The summed E-state index contributed by atoms with van der Waals surface area (Å²) in [5.74, 6) is 0. The molecule has 0 fully saturated rings. The third kappa shape index (κ3) is 3.35. The Balaban J connectivity index is 2.20. The van der Waals surface area contributed by atoms with Gasteiger partial charge in [-0.3, -0.25) is 0 Å². The molecule has 100 valence electrons. The van der Waals surface area contributed by atoms with Crippen molar-refractivity contribution < 1.29 is 5.11 Å². The van der Waals surface area contributed by atoms with Crippen molar-refractivity contribution in [2.24, 2.45) is 5.73 Å². The van der Waals surface area contributed by atoms with Gasteiger partial charge < -0.3 is 10.8 Å². The fourth-order valence-corrected chi connectivity index (χ4v) is 2.25. The monoisotopic (exact) mass is 275 g/mol. The third-order valence-corrected chi connectivity index (χ3v) is 3.54. The van der Waals surface area contributed by atoms with E-state index in [0.29, 0.717) is 5.02 Å². The van der Waals surface area contributed by atoms with Crippen molar-refractivity contribution in [3.63, 3.8) is 0 Å². The predicted molar refractivity (Wildman–Crippen MR) is 79.2 cm³/mol. The van der Waals surface area contributed by atoms with Gasteiger partial charge in [0, 0.05) is 5.02 Å². The molecule has 2 atom stereocenters. The van der Waals surface area contributed by atoms with Crippen molar-refractivity contribution in [2.75, 3.05) is 0 Å². The minimum Gasteiger partial charge on any atom is -0.386 e. The molecule has 0 unspecified atom stereocenters. The number of aliphatic hydroxyl groups is 1. The molecule has 2 nitrogen and oxygen atoms in total. The number of benzene rings is 2. The minimum atomic E-state index is -0.758. The van der Waals surface area contributed by atoms with Gasteiger partial charge in [0.05, 0.1) is 12.1 Å². The Morgan fingerprint density at radius 1 is 1.11 bits per heavy atom. The van der Waals surface area contributed by atoms with E-state index in [0.717, 1.165) is 17.5 Å². The first-order valence-corrected chi connectivity index (χ1v) is 6.77. The summed E-state index contributed by atoms with van der Waals surface area (Å²) >= 11 is 5.93. The molecule has 2 aromatic carbocycles. The Bertz CT molecular complexity index is 539. The van der Waals surface area contributed by atoms with Gasteiger partial charge in [0.2, 0.25) is 0 Å². The lowest BCUT2D eigenvalue weighted by Gasteiger charge is -2.20. The van der Waals surface area contributed by atoms with Gasteiger partial charge in [0.15, 0.2) is 0 Å². The Hall–Kier alpha value is -1.35. The Labute approximate surface area is 118 Å². The van der Waals surface area contributed by atoms with Crippen molar-refractivity contribution in [1.82, 2.24) is 0 Å². The van der Waals surface area contributed by atoms with E-state index in [9.17, 15) is 5.11 Å². The summed E-state index contributed by atoms with van der Waals surface area (Å²) in [4.78, 5) is 0. The molecular formula is C16H18ClNO. The maximum atomic E-state index is 10.3. The Kier molecular flexibility index (Phi) is 4.59. The summed E-state index contributed by atoms with van der Waals surface area (Å²) in [6, 6.07) is 14.7. The maximum absolute atomic E-state index is 10.3. The highest BCUT2D eigenvalue weighted by atomic mass is 35.5. The number of hydrogen-bond donors (Lipinski definition) is 2. The molecule has 0 bridgehead atoms. The number of rotatable bonds is 4. The van der Waals surface area contributed by atoms with E-state index in [1.165, 1.54) is 5.56 Å². The summed E-state index contributed by atoms with van der Waals surface area (Å²) in [5, 5.41) is 10.9. The van der Waals surface area contributed by atoms with E-state index in [-0.39, 0.29) is 0 Å². The van der Waals surface area contributed by atoms with E-state index in [2.05, 4.69) is 6.92 Å². The van der Waals surface area contributed by atoms with Crippen molar-refractivity contribution >= 4 is 11.6 Å². The minimum absolute atomic E-state index is 0.454. The fourth-order valence-electron chi connectivity index (χ4n) is 2.06. The van der Waals surface area contributed by atoms with Gasteiger partial charge in [0.1, 0.15) is 0 Å². The van der Waals surface area contributed by atoms with E-state index in [1.807, 2.05) is 36.4 Å². The molecule has 0 aliphatic heterocycles. The van der Waals surface area contributed by atoms with Gasteiger partial charge in [-0.05, 0) is 35.2 Å². The molecular weight excluding hydrogens is 258 g/mol. The van der Waals surface area contributed by atoms with Crippen molar-refractivity contribution in [3.05, 3.63) is 70.2 Å². The molecule has 0 saturated carbocycles. The van der Waals surface area contributed by atoms with Crippen LogP contribution in [0.15, 0.2) is 48.5 Å². The summed E-state index contributed by atoms with van der Waals surface area (Å²) in [6.07, 6.45) is 0.234. The largest absolute Gasteiger partial charge is 0.386 e. The molecule has 19 heavy (non-hydrogen) atoms. The van der Waals surface area contributed by atoms with Gasteiger partial charge in [-0.2, -0.15) is 0 Å². The Morgan fingerprint density at radius 3 is 2.37 bits per heavy atom. The fraction of sp³-hybridized carbons (Fsp3) is 0.250. The SMILES string of the molecule is CCc1ccc([C@@H](N)[C@H](O)c2cccc(Cl)c2)cc1. The van der Waals surface area contributed by atoms with Crippen LogP contribution in [0.5, 0.6) is 0 Å². The molecule has 0 radical (unpaired) electrons. The second kappa shape index (κ2) is 6.20. The number of aryl methyl sites for hydroxylation is 1. The lowest BCUT2D eigenvalue weighted by Crippen LogP contribution is -2.19. The average molecular weight is 276 g/mol. The van der Waals surface area contributed by atoms with Crippen molar-refractivity contribution in [1.29, 1.82) is 0 Å². The van der Waals surface area contributed by atoms with Gasteiger partial charge in [-0.15, -0.1) is 0 Å². The van der Waals surface area contributed by atoms with Crippen LogP contribution in [0, 0.1) is 0 Å². The van der Waals surface area contributed by atoms with Crippen LogP contribution in [0.25, 0.3) is 0 Å². The van der Waals surface area contributed by atoms with Crippen LogP contribution in [0.3, 0.4) is 0 Å². The summed E-state index contributed by atoms with van der Waals surface area (Å²) in [7, 11) is 0. The molecule has 0 heterocycles. The summed E-state index contributed by atoms with van der Waals surface area (Å²) < 4.78 is 0. The molecule has 2 aromatic rings. The summed E-state index contributed by atoms with van der Waals surface area (Å²) in [6.45, 7) is 2.11. The molecule has 0 amide bonds. The van der Waals surface area contributed by atoms with Crippen LogP contribution in [0.2, 0.25) is 5.02 Å². The highest BCUT2D eigenvalue weighted by Gasteiger charge is 2.18. The third-order valence-electron chi connectivity index (χ3n) is 3.30. The molecule has 0 aliphatic carbocycles. The Morgan fingerprint density at radius 2 is 1.79 bits per heavy atom. The topological polar surface area (TPSA) is 46.2 Å². The maximum Gasteiger partial charge on any atom is 0.0983 e. The molecule has 0 aromatic heterocycles. The smallest absolute Gasteiger partial charge is 0.0983 e. The van der Waals surface area contributed by atoms with Crippen LogP contribution in [0.4, 0.5) is 0 Å². The molecule has 3 N–H and O–H groups in total. The number of nitrogens with two attached hydrogens (primary N) is 1. The number of hydrogen-bond acceptors (Lipinski definition) is 2. The van der Waals surface area contributed by atoms with E-state index in [4.69, 9.17) is 17.3 Å². The lowest BCUT2D eigenvalue weighted by molar-refractivity contribution is 0.147. The quantitative estimate of drug-likeness (QED) is 0.895. The van der Waals surface area contributed by atoms with Gasteiger partial charge in [-0.25, -0.2) is 0 Å². The van der Waals surface area contributed by atoms with Crippen molar-refractivity contribution in [3.8, 4) is 0 Å². The standard InChI is InChI=1S/C16H18ClNO/c1-2-11-6-8-12(9-7-11)15(18)16(19)13-4-3-5-14(17)10-13/h3-10,15-16,19H,2,18H2,1H3/t15-,16-/m1/s1. The van der Waals surface area contributed by atoms with E-state index >= 15 is 0 Å². The molecule has 2 rings (SSSR count). The lowest BCUT2D eigenvalue weighted by atomic mass is 9.95. The van der Waals surface area contributed by atoms with Gasteiger partial charge in [-0.1, -0.05) is 54.9 Å². The van der Waals surface area contributed by atoms with Crippen LogP contribution in [0.1, 0.15) is 35.8 Å². The van der Waals surface area contributed by atoms with Gasteiger partial charge >= 0.3 is 0 Å². The van der Waals surface area contributed by atoms with Crippen molar-refractivity contribution in [2.45, 2.75) is 25.5 Å². The first kappa shape index (κ1) is 14.1.